The van der Waals surface area contributed by atoms with Gasteiger partial charge in [0.25, 0.3) is 0 Å². The topological polar surface area (TPSA) is 76.0 Å². The number of carbonyl (C=O) groups is 1. The molecule has 2 atom stereocenters. The van der Waals surface area contributed by atoms with Gasteiger partial charge in [0.15, 0.2) is 0 Å². The molecule has 0 saturated heterocycles. The smallest absolute Gasteiger partial charge is 0.342 e. The number of phenols is 1. The van der Waals surface area contributed by atoms with Crippen LogP contribution in [0.2, 0.25) is 5.02 Å². The fourth-order valence-electron chi connectivity index (χ4n) is 1.81. The van der Waals surface area contributed by atoms with Gasteiger partial charge in [-0.05, 0) is 6.92 Å². The molecular formula is C11H11ClO5. The van der Waals surface area contributed by atoms with Crippen molar-refractivity contribution in [1.29, 1.82) is 0 Å². The number of aromatic hydroxyl groups is 1. The normalized spacial score (nSPS) is 22.9. The fraction of sp³-hybridized carbons (Fsp3) is 0.364. The average molecular weight is 259 g/mol. The van der Waals surface area contributed by atoms with Gasteiger partial charge in [-0.2, -0.15) is 0 Å². The standard InChI is InChI=1S/C11H11ClO5/c1-4-10(14)8-7(11(15)17-4)5(13)3-6(16-2)9(8)12/h3-4,10,13-14H,1-2H3/t4-,10+/m0/s1. The number of methoxy groups -OCH3 is 1. The molecule has 17 heavy (non-hydrogen) atoms. The first kappa shape index (κ1) is 12.0. The van der Waals surface area contributed by atoms with E-state index in [1.165, 1.54) is 13.2 Å². The molecule has 0 unspecified atom stereocenters. The van der Waals surface area contributed by atoms with Gasteiger partial charge in [-0.15, -0.1) is 0 Å². The summed E-state index contributed by atoms with van der Waals surface area (Å²) < 4.78 is 9.84. The van der Waals surface area contributed by atoms with E-state index in [4.69, 9.17) is 21.1 Å². The number of halogens is 1. The van der Waals surface area contributed by atoms with Crippen LogP contribution < -0.4 is 4.74 Å². The number of hydrogen-bond acceptors (Lipinski definition) is 5. The molecule has 0 aromatic heterocycles. The third-order valence-corrected chi connectivity index (χ3v) is 3.09. The highest BCUT2D eigenvalue weighted by Gasteiger charge is 2.37. The second-order valence-corrected chi connectivity index (χ2v) is 4.13. The number of carbonyl (C=O) groups excluding carboxylic acids is 1. The lowest BCUT2D eigenvalue weighted by Crippen LogP contribution is -2.30. The summed E-state index contributed by atoms with van der Waals surface area (Å²) >= 11 is 6.02. The average Bonchev–Trinajstić information content (AvgIpc) is 2.28. The molecule has 0 spiro atoms. The number of cyclic esters (lactones) is 1. The van der Waals surface area contributed by atoms with Crippen molar-refractivity contribution in [3.8, 4) is 11.5 Å². The number of aliphatic hydroxyl groups excluding tert-OH is 1. The molecule has 2 rings (SSSR count). The van der Waals surface area contributed by atoms with Crippen LogP contribution in [0, 0.1) is 0 Å². The Balaban J connectivity index is 2.73. The third kappa shape index (κ3) is 1.71. The molecular weight excluding hydrogens is 248 g/mol. The lowest BCUT2D eigenvalue weighted by molar-refractivity contribution is -0.0217. The highest BCUT2D eigenvalue weighted by atomic mass is 35.5. The quantitative estimate of drug-likeness (QED) is 0.749. The molecule has 92 valence electrons. The molecule has 0 aliphatic carbocycles. The molecule has 1 aromatic carbocycles. The Bertz CT molecular complexity index is 485. The number of ether oxygens (including phenoxy) is 2. The van der Waals surface area contributed by atoms with Crippen molar-refractivity contribution >= 4 is 17.6 Å². The van der Waals surface area contributed by atoms with E-state index in [1.807, 2.05) is 0 Å². The van der Waals surface area contributed by atoms with Crippen LogP contribution in [-0.2, 0) is 4.74 Å². The fourth-order valence-corrected chi connectivity index (χ4v) is 2.15. The molecule has 0 radical (unpaired) electrons. The molecule has 1 aromatic rings. The van der Waals surface area contributed by atoms with Crippen molar-refractivity contribution in [3.05, 3.63) is 22.2 Å². The van der Waals surface area contributed by atoms with Crippen molar-refractivity contribution in [2.24, 2.45) is 0 Å². The monoisotopic (exact) mass is 258 g/mol. The van der Waals surface area contributed by atoms with Crippen LogP contribution in [0.15, 0.2) is 6.07 Å². The van der Waals surface area contributed by atoms with Gasteiger partial charge in [-0.3, -0.25) is 0 Å². The second-order valence-electron chi connectivity index (χ2n) is 3.76. The summed E-state index contributed by atoms with van der Waals surface area (Å²) in [6.45, 7) is 1.54. The lowest BCUT2D eigenvalue weighted by atomic mass is 9.95. The second kappa shape index (κ2) is 4.09. The van der Waals surface area contributed by atoms with Gasteiger partial charge in [0.05, 0.1) is 12.1 Å². The summed E-state index contributed by atoms with van der Waals surface area (Å²) in [7, 11) is 1.38. The van der Waals surface area contributed by atoms with Crippen LogP contribution in [0.4, 0.5) is 0 Å². The minimum Gasteiger partial charge on any atom is -0.507 e. The minimum atomic E-state index is -1.09. The molecule has 1 aliphatic rings. The number of fused-ring (bicyclic) bond motifs is 1. The van der Waals surface area contributed by atoms with Crippen molar-refractivity contribution in [1.82, 2.24) is 0 Å². The van der Waals surface area contributed by atoms with Crippen LogP contribution in [-0.4, -0.2) is 29.4 Å². The molecule has 5 nitrogen and oxygen atoms in total. The van der Waals surface area contributed by atoms with Gasteiger partial charge < -0.3 is 19.7 Å². The van der Waals surface area contributed by atoms with E-state index < -0.39 is 18.2 Å². The number of esters is 1. The molecule has 1 aliphatic heterocycles. The molecule has 1 heterocycles. The molecule has 0 fully saturated rings. The van der Waals surface area contributed by atoms with Gasteiger partial charge in [-0.25, -0.2) is 4.79 Å². The van der Waals surface area contributed by atoms with E-state index in [2.05, 4.69) is 0 Å². The van der Waals surface area contributed by atoms with Crippen LogP contribution in [0.5, 0.6) is 11.5 Å². The Kier molecular flexibility index (Phi) is 2.89. The summed E-state index contributed by atoms with van der Waals surface area (Å²) in [6, 6.07) is 1.21. The Labute approximate surface area is 103 Å². The van der Waals surface area contributed by atoms with Crippen LogP contribution in [0.25, 0.3) is 0 Å². The summed E-state index contributed by atoms with van der Waals surface area (Å²) in [5.41, 5.74) is 0.0358. The van der Waals surface area contributed by atoms with E-state index >= 15 is 0 Å². The summed E-state index contributed by atoms with van der Waals surface area (Å²) in [5, 5.41) is 19.8. The Morgan fingerprint density at radius 1 is 1.53 bits per heavy atom. The molecule has 6 heteroatoms. The summed E-state index contributed by atoms with van der Waals surface area (Å²) in [6.07, 6.45) is -1.81. The van der Waals surface area contributed by atoms with E-state index in [-0.39, 0.29) is 27.6 Å². The predicted molar refractivity (Wildman–Crippen MR) is 59.5 cm³/mol. The van der Waals surface area contributed by atoms with Gasteiger partial charge >= 0.3 is 5.97 Å². The molecule has 2 N–H and O–H groups in total. The van der Waals surface area contributed by atoms with Crippen LogP contribution >= 0.6 is 11.6 Å². The lowest BCUT2D eigenvalue weighted by Gasteiger charge is -2.28. The summed E-state index contributed by atoms with van der Waals surface area (Å²) in [5.74, 6) is -0.832. The van der Waals surface area contributed by atoms with Crippen molar-refractivity contribution in [3.63, 3.8) is 0 Å². The van der Waals surface area contributed by atoms with Gasteiger partial charge in [0.2, 0.25) is 0 Å². The molecule has 0 amide bonds. The van der Waals surface area contributed by atoms with E-state index in [1.54, 1.807) is 6.92 Å². The Hall–Kier alpha value is -1.46. The van der Waals surface area contributed by atoms with Crippen molar-refractivity contribution < 1.29 is 24.5 Å². The highest BCUT2D eigenvalue weighted by Crippen LogP contribution is 2.43. The van der Waals surface area contributed by atoms with E-state index in [0.29, 0.717) is 0 Å². The van der Waals surface area contributed by atoms with E-state index in [9.17, 15) is 15.0 Å². The number of aliphatic hydroxyl groups is 1. The van der Waals surface area contributed by atoms with Crippen LogP contribution in [0.3, 0.4) is 0 Å². The highest BCUT2D eigenvalue weighted by molar-refractivity contribution is 6.33. The first-order valence-corrected chi connectivity index (χ1v) is 5.33. The molecule has 0 bridgehead atoms. The maximum Gasteiger partial charge on any atom is 0.342 e. The van der Waals surface area contributed by atoms with Gasteiger partial charge in [-0.1, -0.05) is 11.6 Å². The third-order valence-electron chi connectivity index (χ3n) is 2.70. The van der Waals surface area contributed by atoms with E-state index in [0.717, 1.165) is 0 Å². The zero-order valence-corrected chi connectivity index (χ0v) is 9.99. The zero-order chi connectivity index (χ0) is 12.7. The largest absolute Gasteiger partial charge is 0.507 e. The number of hydrogen-bond donors (Lipinski definition) is 2. The first-order valence-electron chi connectivity index (χ1n) is 4.95. The van der Waals surface area contributed by atoms with Gasteiger partial charge in [0.1, 0.15) is 29.3 Å². The van der Waals surface area contributed by atoms with Crippen molar-refractivity contribution in [2.45, 2.75) is 19.1 Å². The molecule has 0 saturated carbocycles. The maximum atomic E-state index is 11.6. The van der Waals surface area contributed by atoms with Crippen molar-refractivity contribution in [2.75, 3.05) is 7.11 Å². The maximum absolute atomic E-state index is 11.6. The predicted octanol–water partition coefficient (Wildman–Crippen LogP) is 1.65. The summed E-state index contributed by atoms with van der Waals surface area (Å²) in [4.78, 5) is 11.6. The Morgan fingerprint density at radius 3 is 2.76 bits per heavy atom. The van der Waals surface area contributed by atoms with Crippen LogP contribution in [0.1, 0.15) is 28.9 Å². The minimum absolute atomic E-state index is 0.108. The SMILES string of the molecule is COc1cc(O)c2c(c1Cl)[C@H](O)[C@H](C)OC2=O. The number of benzene rings is 1. The Morgan fingerprint density at radius 2 is 2.18 bits per heavy atom. The zero-order valence-electron chi connectivity index (χ0n) is 9.23. The first-order chi connectivity index (χ1) is 7.97. The number of phenolic OH excluding ortho intramolecular Hbond substituents is 1. The van der Waals surface area contributed by atoms with Gasteiger partial charge in [0, 0.05) is 11.6 Å². The number of rotatable bonds is 1.